The number of halogens is 1. The van der Waals surface area contributed by atoms with Gasteiger partial charge in [0.25, 0.3) is 0 Å². The van der Waals surface area contributed by atoms with Gasteiger partial charge in [0.05, 0.1) is 10.9 Å². The van der Waals surface area contributed by atoms with Crippen LogP contribution in [0.4, 0.5) is 0 Å². The maximum Gasteiger partial charge on any atom is 0.179 e. The van der Waals surface area contributed by atoms with E-state index in [2.05, 4.69) is 86.8 Å². The van der Waals surface area contributed by atoms with E-state index >= 15 is 0 Å². The van der Waals surface area contributed by atoms with E-state index in [1.165, 1.54) is 87.7 Å². The predicted octanol–water partition coefficient (Wildman–Crippen LogP) is 9.78. The molecule has 6 nitrogen and oxygen atoms in total. The van der Waals surface area contributed by atoms with Crippen LogP contribution in [-0.4, -0.2) is 63.7 Å². The Hall–Kier alpha value is -3.78. The third-order valence-corrected chi connectivity index (χ3v) is 13.0. The van der Waals surface area contributed by atoms with Gasteiger partial charge in [-0.3, -0.25) is 14.5 Å². The summed E-state index contributed by atoms with van der Waals surface area (Å²) >= 11 is 3.18. The second kappa shape index (κ2) is 19.9. The zero-order chi connectivity index (χ0) is 38.7. The summed E-state index contributed by atoms with van der Waals surface area (Å²) in [4.78, 5) is 26.3. The number of phenols is 2. The molecule has 4 aromatic rings. The summed E-state index contributed by atoms with van der Waals surface area (Å²) in [6.45, 7) is 8.48. The van der Waals surface area contributed by atoms with Gasteiger partial charge in [0, 0.05) is 24.2 Å². The Morgan fingerprint density at radius 3 is 1.44 bits per heavy atom. The Morgan fingerprint density at radius 1 is 0.618 bits per heavy atom. The highest BCUT2D eigenvalue weighted by molar-refractivity contribution is 9.10. The van der Waals surface area contributed by atoms with Crippen molar-refractivity contribution in [3.05, 3.63) is 131 Å². The summed E-state index contributed by atoms with van der Waals surface area (Å²) in [7, 11) is 0. The Labute approximate surface area is 336 Å². The first-order valence-electron chi connectivity index (χ1n) is 20.5. The van der Waals surface area contributed by atoms with Crippen LogP contribution in [0.2, 0.25) is 0 Å². The first-order valence-corrected chi connectivity index (χ1v) is 21.4. The number of nitrogens with zero attached hydrogens (tertiary/aromatic N) is 1. The van der Waals surface area contributed by atoms with Crippen LogP contribution < -0.4 is 5.32 Å². The Balaban J connectivity index is 0.000000155. The number of nitrogens with one attached hydrogen (secondary N) is 1. The molecule has 292 valence electrons. The van der Waals surface area contributed by atoms with Crippen molar-refractivity contribution in [1.82, 2.24) is 10.2 Å². The zero-order valence-electron chi connectivity index (χ0n) is 32.5. The molecule has 8 rings (SSSR count). The van der Waals surface area contributed by atoms with E-state index in [4.69, 9.17) is 5.11 Å². The molecule has 0 radical (unpaired) electrons. The van der Waals surface area contributed by atoms with Crippen molar-refractivity contribution in [2.75, 3.05) is 26.2 Å². The first-order chi connectivity index (χ1) is 26.6. The summed E-state index contributed by atoms with van der Waals surface area (Å²) in [6, 6.07) is 34.5. The van der Waals surface area contributed by atoms with Gasteiger partial charge < -0.3 is 15.5 Å². The van der Waals surface area contributed by atoms with Crippen LogP contribution in [0.5, 0.6) is 11.5 Å². The average Bonchev–Trinajstić information content (AvgIpc) is 3.99. The lowest BCUT2D eigenvalue weighted by atomic mass is 9.96. The molecule has 2 heterocycles. The molecule has 4 unspecified atom stereocenters. The lowest BCUT2D eigenvalue weighted by Gasteiger charge is -2.25. The smallest absolute Gasteiger partial charge is 0.179 e. The summed E-state index contributed by atoms with van der Waals surface area (Å²) in [6.07, 6.45) is 10.7. The van der Waals surface area contributed by atoms with E-state index in [1.54, 1.807) is 43.3 Å². The number of carbonyl (C=O) groups excluding carboxylic acids is 2. The normalized spacial score (nSPS) is 25.1. The van der Waals surface area contributed by atoms with Crippen molar-refractivity contribution in [3.8, 4) is 11.5 Å². The number of hydrogen-bond donors (Lipinski definition) is 3. The van der Waals surface area contributed by atoms with E-state index in [9.17, 15) is 14.7 Å². The third-order valence-electron chi connectivity index (χ3n) is 12.6. The van der Waals surface area contributed by atoms with E-state index in [0.29, 0.717) is 11.1 Å². The molecule has 2 saturated carbocycles. The van der Waals surface area contributed by atoms with Gasteiger partial charge in [-0.1, -0.05) is 76.6 Å². The molecule has 4 aliphatic rings. The number of carbonyl (C=O) groups is 2. The largest absolute Gasteiger partial charge is 0.508 e. The number of likely N-dealkylation sites (tertiary alicyclic amines) is 1. The molecule has 4 fully saturated rings. The van der Waals surface area contributed by atoms with Crippen molar-refractivity contribution >= 4 is 27.5 Å². The second-order valence-corrected chi connectivity index (χ2v) is 17.9. The number of phenolic OH excluding ortho intramolecular Hbond substituents is 2. The number of Topliss-reactive ketones (excluding diaryl/α,β-unsaturated/α-hetero) is 2. The SMILES string of the molecule is CC(Br)C(=O)c1ccc(O)cc1.CC(C(=O)c1ccc(O)cc1)N1C[C@H]2CC(CCc3ccccc3)C[C@H]2C1.c1ccc(CCC2C[C@H]3CNC[C@H]3C2)cc1. The van der Waals surface area contributed by atoms with Crippen molar-refractivity contribution < 1.29 is 19.8 Å². The highest BCUT2D eigenvalue weighted by Crippen LogP contribution is 2.44. The van der Waals surface area contributed by atoms with Gasteiger partial charge in [-0.2, -0.15) is 0 Å². The maximum atomic E-state index is 12.8. The van der Waals surface area contributed by atoms with E-state index in [0.717, 1.165) is 48.6 Å². The monoisotopic (exact) mass is 806 g/mol. The molecule has 0 bridgehead atoms. The molecule has 2 aliphatic carbocycles. The molecule has 2 aliphatic heterocycles. The van der Waals surface area contributed by atoms with E-state index < -0.39 is 0 Å². The molecular weight excluding hydrogens is 748 g/mol. The van der Waals surface area contributed by atoms with E-state index in [-0.39, 0.29) is 33.9 Å². The van der Waals surface area contributed by atoms with Gasteiger partial charge in [-0.15, -0.1) is 0 Å². The lowest BCUT2D eigenvalue weighted by molar-refractivity contribution is 0.0855. The van der Waals surface area contributed by atoms with Gasteiger partial charge >= 0.3 is 0 Å². The fourth-order valence-corrected chi connectivity index (χ4v) is 9.72. The third kappa shape index (κ3) is 11.6. The number of benzene rings is 4. The van der Waals surface area contributed by atoms with Crippen LogP contribution in [0, 0.1) is 35.5 Å². The average molecular weight is 808 g/mol. The molecule has 0 spiro atoms. The Morgan fingerprint density at radius 2 is 1.02 bits per heavy atom. The summed E-state index contributed by atoms with van der Waals surface area (Å²) < 4.78 is 0. The second-order valence-electron chi connectivity index (χ2n) is 16.5. The van der Waals surface area contributed by atoms with Crippen LogP contribution in [0.15, 0.2) is 109 Å². The fraction of sp³-hybridized carbons (Fsp3) is 0.458. The zero-order valence-corrected chi connectivity index (χ0v) is 34.1. The number of alkyl halides is 1. The van der Waals surface area contributed by atoms with Gasteiger partial charge in [0.2, 0.25) is 0 Å². The molecule has 4 aromatic carbocycles. The number of aryl methyl sites for hydroxylation is 2. The van der Waals surface area contributed by atoms with Crippen molar-refractivity contribution in [3.63, 3.8) is 0 Å². The minimum absolute atomic E-state index is 0.0231. The number of aromatic hydroxyl groups is 2. The predicted molar refractivity (Wildman–Crippen MR) is 226 cm³/mol. The van der Waals surface area contributed by atoms with Gasteiger partial charge in [0.15, 0.2) is 11.6 Å². The fourth-order valence-electron chi connectivity index (χ4n) is 9.46. The van der Waals surface area contributed by atoms with Crippen molar-refractivity contribution in [2.24, 2.45) is 35.5 Å². The first kappa shape index (κ1) is 40.9. The highest BCUT2D eigenvalue weighted by Gasteiger charge is 2.43. The minimum Gasteiger partial charge on any atom is -0.508 e. The summed E-state index contributed by atoms with van der Waals surface area (Å²) in [5.74, 6) is 5.90. The molecule has 55 heavy (non-hydrogen) atoms. The standard InChI is InChI=1S/C24H29NO2.C15H21N.C9H9BrO2/c1-17(24(27)20-9-11-23(26)12-10-20)25-15-21-13-19(14-22(21)16-25)8-7-18-5-3-2-4-6-18;1-2-4-12(5-3-1)6-7-13-8-14-10-16-11-15(14)9-13;1-6(10)9(12)7-2-4-8(11)5-3-7/h2-6,9-12,17,19,21-22,26H,7-8,13-16H2,1H3;1-5,13-16H,6-11H2;2-6,11H,1H3/t17?,19?,21-,22+;13?,14-,15+;. The topological polar surface area (TPSA) is 89.9 Å². The number of rotatable bonds is 11. The van der Waals surface area contributed by atoms with Crippen LogP contribution >= 0.6 is 15.9 Å². The van der Waals surface area contributed by atoms with Crippen molar-refractivity contribution in [2.45, 2.75) is 76.1 Å². The van der Waals surface area contributed by atoms with Crippen LogP contribution in [0.1, 0.15) is 84.2 Å². The molecular formula is C48H59BrN2O4. The summed E-state index contributed by atoms with van der Waals surface area (Å²) in [5.41, 5.74) is 4.26. The lowest BCUT2D eigenvalue weighted by Crippen LogP contribution is -2.38. The van der Waals surface area contributed by atoms with Crippen LogP contribution in [-0.2, 0) is 12.8 Å². The van der Waals surface area contributed by atoms with Gasteiger partial charge in [0.1, 0.15) is 11.5 Å². The molecule has 8 atom stereocenters. The highest BCUT2D eigenvalue weighted by atomic mass is 79.9. The molecule has 7 heteroatoms. The number of fused-ring (bicyclic) bond motifs is 2. The Bertz CT molecular complexity index is 1760. The number of hydrogen-bond acceptors (Lipinski definition) is 6. The van der Waals surface area contributed by atoms with Crippen molar-refractivity contribution in [1.29, 1.82) is 0 Å². The quantitative estimate of drug-likeness (QED) is 0.103. The molecule has 2 saturated heterocycles. The van der Waals surface area contributed by atoms with Gasteiger partial charge in [-0.25, -0.2) is 0 Å². The number of ketones is 2. The maximum absolute atomic E-state index is 12.8. The van der Waals surface area contributed by atoms with Crippen LogP contribution in [0.25, 0.3) is 0 Å². The minimum atomic E-state index is -0.179. The molecule has 0 amide bonds. The van der Waals surface area contributed by atoms with E-state index in [1.807, 2.05) is 6.92 Å². The van der Waals surface area contributed by atoms with Gasteiger partial charge in [-0.05, 0) is 173 Å². The van der Waals surface area contributed by atoms with Crippen LogP contribution in [0.3, 0.4) is 0 Å². The Kier molecular flexibility index (Phi) is 14.8. The summed E-state index contributed by atoms with van der Waals surface area (Å²) in [5, 5.41) is 21.9. The molecule has 3 N–H and O–H groups in total. The molecule has 0 aromatic heterocycles.